The lowest BCUT2D eigenvalue weighted by molar-refractivity contribution is -0.142. The van der Waals surface area contributed by atoms with Crippen molar-refractivity contribution in [1.82, 2.24) is 4.90 Å². The van der Waals surface area contributed by atoms with Crippen molar-refractivity contribution in [3.05, 3.63) is 35.4 Å². The summed E-state index contributed by atoms with van der Waals surface area (Å²) in [5, 5.41) is 0. The van der Waals surface area contributed by atoms with Crippen LogP contribution in [-0.2, 0) is 25.2 Å². The Bertz CT molecular complexity index is 698. The predicted molar refractivity (Wildman–Crippen MR) is 94.5 cm³/mol. The summed E-state index contributed by atoms with van der Waals surface area (Å²) in [7, 11) is 1.30. The third kappa shape index (κ3) is 5.04. The van der Waals surface area contributed by atoms with Gasteiger partial charge in [-0.3, -0.25) is 9.59 Å². The van der Waals surface area contributed by atoms with Crippen LogP contribution in [0.2, 0.25) is 0 Å². The van der Waals surface area contributed by atoms with E-state index in [-0.39, 0.29) is 42.8 Å². The van der Waals surface area contributed by atoms with E-state index in [0.29, 0.717) is 19.6 Å². The number of amides is 1. The largest absolute Gasteiger partial charge is 0.469 e. The minimum absolute atomic E-state index is 0.0372. The fourth-order valence-electron chi connectivity index (χ4n) is 3.64. The second-order valence-electron chi connectivity index (χ2n) is 7.31. The van der Waals surface area contributed by atoms with E-state index in [4.69, 9.17) is 4.74 Å². The Balaban J connectivity index is 1.63. The second-order valence-corrected chi connectivity index (χ2v) is 7.31. The van der Waals surface area contributed by atoms with Gasteiger partial charge in [0.1, 0.15) is 0 Å². The standard InChI is InChI=1S/C20H24F3NO4/c1-27-18(25)8-9-24(12-15-3-2-10-28-15)19(26)17-11-16(17)13-4-6-14(7-5-13)20(21,22)23/h4-7,15-17H,2-3,8-12H2,1H3. The monoisotopic (exact) mass is 399 g/mol. The van der Waals surface area contributed by atoms with Crippen LogP contribution in [0.4, 0.5) is 13.2 Å². The third-order valence-corrected chi connectivity index (χ3v) is 5.35. The second kappa shape index (κ2) is 8.51. The van der Waals surface area contributed by atoms with Crippen LogP contribution in [0.5, 0.6) is 0 Å². The molecule has 3 atom stereocenters. The Morgan fingerprint density at radius 2 is 1.96 bits per heavy atom. The molecule has 1 aromatic carbocycles. The average Bonchev–Trinajstić information content (AvgIpc) is 3.31. The number of carbonyl (C=O) groups is 2. The number of halogens is 3. The summed E-state index contributed by atoms with van der Waals surface area (Å²) in [5.41, 5.74) is 0.0363. The lowest BCUT2D eigenvalue weighted by Gasteiger charge is -2.25. The lowest BCUT2D eigenvalue weighted by atomic mass is 10.1. The zero-order chi connectivity index (χ0) is 20.3. The van der Waals surface area contributed by atoms with Gasteiger partial charge < -0.3 is 14.4 Å². The van der Waals surface area contributed by atoms with Crippen molar-refractivity contribution < 1.29 is 32.2 Å². The van der Waals surface area contributed by atoms with Gasteiger partial charge in [0, 0.05) is 25.6 Å². The molecule has 0 bridgehead atoms. The van der Waals surface area contributed by atoms with E-state index in [1.54, 1.807) is 4.90 Å². The Morgan fingerprint density at radius 1 is 1.25 bits per heavy atom. The maximum Gasteiger partial charge on any atom is 0.416 e. The van der Waals surface area contributed by atoms with Gasteiger partial charge in [-0.25, -0.2) is 0 Å². The van der Waals surface area contributed by atoms with Gasteiger partial charge in [0.15, 0.2) is 0 Å². The van der Waals surface area contributed by atoms with Crippen molar-refractivity contribution in [2.24, 2.45) is 5.92 Å². The van der Waals surface area contributed by atoms with Crippen LogP contribution in [0.1, 0.15) is 42.7 Å². The Kier molecular flexibility index (Phi) is 6.27. The number of carbonyl (C=O) groups excluding carboxylic acids is 2. The lowest BCUT2D eigenvalue weighted by Crippen LogP contribution is -2.40. The fraction of sp³-hybridized carbons (Fsp3) is 0.600. The number of hydrogen-bond acceptors (Lipinski definition) is 4. The van der Waals surface area contributed by atoms with Gasteiger partial charge in [0.2, 0.25) is 5.91 Å². The highest BCUT2D eigenvalue weighted by atomic mass is 19.4. The molecule has 1 saturated carbocycles. The molecule has 1 aliphatic carbocycles. The Morgan fingerprint density at radius 3 is 2.54 bits per heavy atom. The summed E-state index contributed by atoms with van der Waals surface area (Å²) < 4.78 is 48.4. The van der Waals surface area contributed by atoms with Gasteiger partial charge >= 0.3 is 12.1 Å². The smallest absolute Gasteiger partial charge is 0.416 e. The number of ether oxygens (including phenoxy) is 2. The first-order valence-corrected chi connectivity index (χ1v) is 9.44. The van der Waals surface area contributed by atoms with E-state index in [1.807, 2.05) is 0 Å². The summed E-state index contributed by atoms with van der Waals surface area (Å²) in [5.74, 6) is -0.819. The molecule has 3 unspecified atom stereocenters. The molecule has 0 spiro atoms. The highest BCUT2D eigenvalue weighted by Gasteiger charge is 2.46. The number of alkyl halides is 3. The predicted octanol–water partition coefficient (Wildman–Crippen LogP) is 3.38. The molecule has 1 aromatic rings. The van der Waals surface area contributed by atoms with Crippen LogP contribution in [-0.4, -0.2) is 49.7 Å². The number of rotatable bonds is 7. The minimum Gasteiger partial charge on any atom is -0.469 e. The summed E-state index contributed by atoms with van der Waals surface area (Å²) in [6.45, 7) is 1.34. The van der Waals surface area contributed by atoms with E-state index in [0.717, 1.165) is 30.5 Å². The van der Waals surface area contributed by atoms with E-state index >= 15 is 0 Å². The molecule has 28 heavy (non-hydrogen) atoms. The summed E-state index contributed by atoms with van der Waals surface area (Å²) in [4.78, 5) is 26.1. The minimum atomic E-state index is -4.37. The van der Waals surface area contributed by atoms with Crippen LogP contribution in [0, 0.1) is 5.92 Å². The van der Waals surface area contributed by atoms with E-state index in [9.17, 15) is 22.8 Å². The normalized spacial score (nSPS) is 24.1. The van der Waals surface area contributed by atoms with Crippen LogP contribution in [0.25, 0.3) is 0 Å². The van der Waals surface area contributed by atoms with Gasteiger partial charge in [-0.2, -0.15) is 13.2 Å². The van der Waals surface area contributed by atoms with Gasteiger partial charge in [-0.1, -0.05) is 12.1 Å². The molecular weight excluding hydrogens is 375 g/mol. The number of methoxy groups -OCH3 is 1. The number of esters is 1. The van der Waals surface area contributed by atoms with Gasteiger partial charge in [-0.15, -0.1) is 0 Å². The maximum absolute atomic E-state index is 12.9. The summed E-state index contributed by atoms with van der Waals surface area (Å²) in [6.07, 6.45) is -1.89. The van der Waals surface area contributed by atoms with Crippen molar-refractivity contribution in [1.29, 1.82) is 0 Å². The van der Waals surface area contributed by atoms with E-state index in [1.165, 1.54) is 19.2 Å². The van der Waals surface area contributed by atoms with Gasteiger partial charge in [0.05, 0.1) is 25.2 Å². The third-order valence-electron chi connectivity index (χ3n) is 5.35. The summed E-state index contributed by atoms with van der Waals surface area (Å²) >= 11 is 0. The molecule has 1 saturated heterocycles. The van der Waals surface area contributed by atoms with Crippen LogP contribution < -0.4 is 0 Å². The highest BCUT2D eigenvalue weighted by Crippen LogP contribution is 2.49. The molecule has 3 rings (SSSR count). The first-order valence-electron chi connectivity index (χ1n) is 9.44. The topological polar surface area (TPSA) is 55.8 Å². The summed E-state index contributed by atoms with van der Waals surface area (Å²) in [6, 6.07) is 4.99. The van der Waals surface area contributed by atoms with Gasteiger partial charge in [0.25, 0.3) is 0 Å². The highest BCUT2D eigenvalue weighted by molar-refractivity contribution is 5.83. The molecule has 0 N–H and O–H groups in total. The number of benzene rings is 1. The van der Waals surface area contributed by atoms with Crippen LogP contribution in [0.3, 0.4) is 0 Å². The van der Waals surface area contributed by atoms with Crippen LogP contribution in [0.15, 0.2) is 24.3 Å². The number of hydrogen-bond donors (Lipinski definition) is 0. The van der Waals surface area contributed by atoms with Crippen LogP contribution >= 0.6 is 0 Å². The van der Waals surface area contributed by atoms with Gasteiger partial charge in [-0.05, 0) is 42.9 Å². The molecule has 1 heterocycles. The Hall–Kier alpha value is -2.09. The van der Waals surface area contributed by atoms with E-state index < -0.39 is 11.7 Å². The first-order chi connectivity index (χ1) is 13.3. The molecule has 2 aliphatic rings. The molecular formula is C20H24F3NO4. The molecule has 154 valence electrons. The molecule has 5 nitrogen and oxygen atoms in total. The average molecular weight is 399 g/mol. The maximum atomic E-state index is 12.9. The quantitative estimate of drug-likeness (QED) is 0.660. The molecule has 1 aliphatic heterocycles. The van der Waals surface area contributed by atoms with Crippen molar-refractivity contribution in [3.63, 3.8) is 0 Å². The molecule has 0 radical (unpaired) electrons. The zero-order valence-corrected chi connectivity index (χ0v) is 15.7. The van der Waals surface area contributed by atoms with E-state index in [2.05, 4.69) is 4.74 Å². The molecule has 2 fully saturated rings. The molecule has 8 heteroatoms. The first kappa shape index (κ1) is 20.6. The van der Waals surface area contributed by atoms with Crippen molar-refractivity contribution in [3.8, 4) is 0 Å². The SMILES string of the molecule is COC(=O)CCN(CC1CCCO1)C(=O)C1CC1c1ccc(C(F)(F)F)cc1. The zero-order valence-electron chi connectivity index (χ0n) is 15.7. The van der Waals surface area contributed by atoms with Crippen molar-refractivity contribution in [2.45, 2.75) is 43.9 Å². The Labute approximate surface area is 161 Å². The fourth-order valence-corrected chi connectivity index (χ4v) is 3.64. The van der Waals surface area contributed by atoms with Crippen molar-refractivity contribution >= 4 is 11.9 Å². The number of nitrogens with zero attached hydrogens (tertiary/aromatic N) is 1. The molecule has 1 amide bonds. The van der Waals surface area contributed by atoms with Crippen molar-refractivity contribution in [2.75, 3.05) is 26.8 Å². The molecule has 0 aromatic heterocycles.